The SMILES string of the molecule is CCNC(c1ccc(C)cc1C)c1c(Cl)cnn1C. The number of rotatable bonds is 4. The summed E-state index contributed by atoms with van der Waals surface area (Å²) >= 11 is 6.29. The molecule has 0 bridgehead atoms. The first-order chi connectivity index (χ1) is 9.04. The van der Waals surface area contributed by atoms with Gasteiger partial charge in [-0.05, 0) is 31.5 Å². The van der Waals surface area contributed by atoms with Gasteiger partial charge in [0.1, 0.15) is 0 Å². The van der Waals surface area contributed by atoms with E-state index in [0.29, 0.717) is 5.02 Å². The van der Waals surface area contributed by atoms with Gasteiger partial charge in [0.25, 0.3) is 0 Å². The molecule has 102 valence electrons. The van der Waals surface area contributed by atoms with Crippen LogP contribution in [0.2, 0.25) is 5.02 Å². The topological polar surface area (TPSA) is 29.9 Å². The van der Waals surface area contributed by atoms with Gasteiger partial charge >= 0.3 is 0 Å². The zero-order chi connectivity index (χ0) is 14.0. The summed E-state index contributed by atoms with van der Waals surface area (Å²) in [6.45, 7) is 7.22. The lowest BCUT2D eigenvalue weighted by atomic mass is 9.97. The number of benzene rings is 1. The molecule has 0 aliphatic rings. The summed E-state index contributed by atoms with van der Waals surface area (Å²) in [4.78, 5) is 0. The first-order valence-corrected chi connectivity index (χ1v) is 6.90. The number of halogens is 1. The van der Waals surface area contributed by atoms with Gasteiger partial charge in [-0.25, -0.2) is 0 Å². The van der Waals surface area contributed by atoms with E-state index in [-0.39, 0.29) is 6.04 Å². The maximum absolute atomic E-state index is 6.29. The Labute approximate surface area is 119 Å². The molecule has 0 amide bonds. The third kappa shape index (κ3) is 2.82. The summed E-state index contributed by atoms with van der Waals surface area (Å²) in [5.41, 5.74) is 4.80. The van der Waals surface area contributed by atoms with Crippen molar-refractivity contribution in [2.75, 3.05) is 6.54 Å². The van der Waals surface area contributed by atoms with Crippen LogP contribution < -0.4 is 5.32 Å². The van der Waals surface area contributed by atoms with Crippen LogP contribution in [0.25, 0.3) is 0 Å². The molecule has 1 atom stereocenters. The minimum absolute atomic E-state index is 0.0746. The number of nitrogens with zero attached hydrogens (tertiary/aromatic N) is 2. The molecular weight excluding hydrogens is 258 g/mol. The van der Waals surface area contributed by atoms with Gasteiger partial charge in [-0.1, -0.05) is 42.3 Å². The maximum Gasteiger partial charge on any atom is 0.0837 e. The van der Waals surface area contributed by atoms with Crippen LogP contribution in [0.3, 0.4) is 0 Å². The molecule has 0 saturated carbocycles. The van der Waals surface area contributed by atoms with Crippen LogP contribution >= 0.6 is 11.6 Å². The van der Waals surface area contributed by atoms with E-state index >= 15 is 0 Å². The van der Waals surface area contributed by atoms with Crippen LogP contribution in [0.15, 0.2) is 24.4 Å². The number of nitrogens with one attached hydrogen (secondary N) is 1. The van der Waals surface area contributed by atoms with Crippen molar-refractivity contribution in [3.05, 3.63) is 51.8 Å². The highest BCUT2D eigenvalue weighted by molar-refractivity contribution is 6.31. The Morgan fingerprint density at radius 2 is 2.11 bits per heavy atom. The van der Waals surface area contributed by atoms with Crippen molar-refractivity contribution in [3.63, 3.8) is 0 Å². The van der Waals surface area contributed by atoms with Crippen LogP contribution in [0.1, 0.15) is 35.3 Å². The average Bonchev–Trinajstić information content (AvgIpc) is 2.67. The Hall–Kier alpha value is -1.32. The first kappa shape index (κ1) is 14.1. The van der Waals surface area contributed by atoms with Crippen LogP contribution in [-0.2, 0) is 7.05 Å². The molecule has 19 heavy (non-hydrogen) atoms. The number of aromatic nitrogens is 2. The summed E-state index contributed by atoms with van der Waals surface area (Å²) in [5, 5.41) is 8.44. The normalized spacial score (nSPS) is 12.7. The largest absolute Gasteiger partial charge is 0.305 e. The zero-order valence-electron chi connectivity index (χ0n) is 11.9. The van der Waals surface area contributed by atoms with E-state index in [9.17, 15) is 0 Å². The van der Waals surface area contributed by atoms with Gasteiger partial charge in [0.15, 0.2) is 0 Å². The van der Waals surface area contributed by atoms with E-state index in [4.69, 9.17) is 11.6 Å². The Balaban J connectivity index is 2.51. The predicted molar refractivity (Wildman–Crippen MR) is 79.7 cm³/mol. The summed E-state index contributed by atoms with van der Waals surface area (Å²) in [6, 6.07) is 6.58. The Morgan fingerprint density at radius 1 is 1.37 bits per heavy atom. The standard InChI is InChI=1S/C15H20ClN3/c1-5-17-14(15-13(16)9-18-19(15)4)12-7-6-10(2)8-11(12)3/h6-9,14,17H,5H2,1-4H3. The van der Waals surface area contributed by atoms with Gasteiger partial charge in [-0.15, -0.1) is 0 Å². The molecule has 4 heteroatoms. The van der Waals surface area contributed by atoms with Crippen molar-refractivity contribution < 1.29 is 0 Å². The lowest BCUT2D eigenvalue weighted by molar-refractivity contribution is 0.571. The second-order valence-corrected chi connectivity index (χ2v) is 5.26. The quantitative estimate of drug-likeness (QED) is 0.928. The Kier molecular flexibility index (Phi) is 4.27. The third-order valence-electron chi connectivity index (χ3n) is 3.36. The molecule has 2 rings (SSSR count). The van der Waals surface area contributed by atoms with Crippen molar-refractivity contribution in [2.45, 2.75) is 26.8 Å². The van der Waals surface area contributed by atoms with E-state index in [1.54, 1.807) is 6.20 Å². The van der Waals surface area contributed by atoms with Gasteiger partial charge in [0.05, 0.1) is 23.0 Å². The fourth-order valence-electron chi connectivity index (χ4n) is 2.45. The minimum Gasteiger partial charge on any atom is -0.305 e. The molecule has 1 aromatic heterocycles. The number of hydrogen-bond donors (Lipinski definition) is 1. The fraction of sp³-hybridized carbons (Fsp3) is 0.400. The molecule has 0 radical (unpaired) electrons. The van der Waals surface area contributed by atoms with Gasteiger partial charge in [0.2, 0.25) is 0 Å². The van der Waals surface area contributed by atoms with Gasteiger partial charge in [0, 0.05) is 7.05 Å². The van der Waals surface area contributed by atoms with Gasteiger partial charge in [-0.3, -0.25) is 4.68 Å². The summed E-state index contributed by atoms with van der Waals surface area (Å²) in [7, 11) is 1.93. The highest BCUT2D eigenvalue weighted by Crippen LogP contribution is 2.29. The fourth-order valence-corrected chi connectivity index (χ4v) is 2.73. The van der Waals surface area contributed by atoms with Crippen LogP contribution in [0, 0.1) is 13.8 Å². The molecule has 1 heterocycles. The van der Waals surface area contributed by atoms with Crippen molar-refractivity contribution in [2.24, 2.45) is 7.05 Å². The lowest BCUT2D eigenvalue weighted by Gasteiger charge is -2.21. The molecule has 1 N–H and O–H groups in total. The summed E-state index contributed by atoms with van der Waals surface area (Å²) in [5.74, 6) is 0. The monoisotopic (exact) mass is 277 g/mol. The van der Waals surface area contributed by atoms with E-state index in [1.807, 2.05) is 11.7 Å². The van der Waals surface area contributed by atoms with Crippen LogP contribution in [-0.4, -0.2) is 16.3 Å². The first-order valence-electron chi connectivity index (χ1n) is 6.52. The van der Waals surface area contributed by atoms with Crippen LogP contribution in [0.4, 0.5) is 0 Å². The van der Waals surface area contributed by atoms with E-state index in [0.717, 1.165) is 12.2 Å². The minimum atomic E-state index is 0.0746. The maximum atomic E-state index is 6.29. The van der Waals surface area contributed by atoms with E-state index in [1.165, 1.54) is 16.7 Å². The molecule has 2 aromatic rings. The molecule has 0 aliphatic carbocycles. The molecule has 0 aliphatic heterocycles. The predicted octanol–water partition coefficient (Wildman–Crippen LogP) is 3.39. The number of aryl methyl sites for hydroxylation is 3. The molecule has 3 nitrogen and oxygen atoms in total. The van der Waals surface area contributed by atoms with Gasteiger partial charge < -0.3 is 5.32 Å². The zero-order valence-corrected chi connectivity index (χ0v) is 12.6. The average molecular weight is 278 g/mol. The summed E-state index contributed by atoms with van der Waals surface area (Å²) in [6.07, 6.45) is 1.70. The summed E-state index contributed by atoms with van der Waals surface area (Å²) < 4.78 is 1.84. The van der Waals surface area contributed by atoms with E-state index < -0.39 is 0 Å². The second-order valence-electron chi connectivity index (χ2n) is 4.85. The Morgan fingerprint density at radius 3 is 2.63 bits per heavy atom. The molecule has 1 aromatic carbocycles. The van der Waals surface area contributed by atoms with Crippen molar-refractivity contribution in [1.29, 1.82) is 0 Å². The highest BCUT2D eigenvalue weighted by Gasteiger charge is 2.21. The molecule has 1 unspecified atom stereocenters. The molecule has 0 fully saturated rings. The van der Waals surface area contributed by atoms with E-state index in [2.05, 4.69) is 49.4 Å². The Bertz CT molecular complexity index is 555. The third-order valence-corrected chi connectivity index (χ3v) is 3.65. The molecule has 0 saturated heterocycles. The second kappa shape index (κ2) is 5.76. The van der Waals surface area contributed by atoms with Crippen molar-refractivity contribution >= 4 is 11.6 Å². The number of hydrogen-bond acceptors (Lipinski definition) is 2. The molecular formula is C15H20ClN3. The smallest absolute Gasteiger partial charge is 0.0837 e. The van der Waals surface area contributed by atoms with Crippen LogP contribution in [0.5, 0.6) is 0 Å². The van der Waals surface area contributed by atoms with Crippen molar-refractivity contribution in [3.8, 4) is 0 Å². The van der Waals surface area contributed by atoms with Gasteiger partial charge in [-0.2, -0.15) is 5.10 Å². The van der Waals surface area contributed by atoms with Crippen molar-refractivity contribution in [1.82, 2.24) is 15.1 Å². The lowest BCUT2D eigenvalue weighted by Crippen LogP contribution is -2.25. The highest BCUT2D eigenvalue weighted by atomic mass is 35.5. The molecule has 0 spiro atoms.